The summed E-state index contributed by atoms with van der Waals surface area (Å²) in [7, 11) is 0. The fourth-order valence-corrected chi connectivity index (χ4v) is 3.49. The van der Waals surface area contributed by atoms with Gasteiger partial charge >= 0.3 is 0 Å². The minimum absolute atomic E-state index is 0.0142. The van der Waals surface area contributed by atoms with Crippen LogP contribution in [0.4, 0.5) is 11.6 Å². The molecule has 1 fully saturated rings. The number of benzene rings is 1. The number of anilines is 2. The molecule has 1 saturated heterocycles. The third-order valence-corrected chi connectivity index (χ3v) is 5.09. The summed E-state index contributed by atoms with van der Waals surface area (Å²) in [6, 6.07) is 17.8. The van der Waals surface area contributed by atoms with Crippen LogP contribution in [0.1, 0.15) is 18.4 Å². The largest absolute Gasteiger partial charge is 0.354 e. The van der Waals surface area contributed by atoms with Crippen LogP contribution in [0.15, 0.2) is 60.8 Å². The highest BCUT2D eigenvalue weighted by Gasteiger charge is 2.27. The predicted molar refractivity (Wildman–Crippen MR) is 110 cm³/mol. The molecule has 1 amide bonds. The van der Waals surface area contributed by atoms with Gasteiger partial charge in [-0.2, -0.15) is 0 Å². The van der Waals surface area contributed by atoms with Crippen LogP contribution < -0.4 is 10.2 Å². The number of aryl methyl sites for hydroxylation is 1. The van der Waals surface area contributed by atoms with Gasteiger partial charge in [0, 0.05) is 24.8 Å². The molecule has 4 rings (SSSR count). The van der Waals surface area contributed by atoms with E-state index in [0.717, 1.165) is 42.0 Å². The van der Waals surface area contributed by atoms with Crippen molar-refractivity contribution in [2.24, 2.45) is 5.92 Å². The molecule has 142 valence electrons. The van der Waals surface area contributed by atoms with Gasteiger partial charge in [-0.3, -0.25) is 4.79 Å². The highest BCUT2D eigenvalue weighted by atomic mass is 16.2. The van der Waals surface area contributed by atoms with E-state index in [1.165, 1.54) is 0 Å². The molecule has 0 saturated carbocycles. The average Bonchev–Trinajstić information content (AvgIpc) is 2.76. The van der Waals surface area contributed by atoms with Crippen LogP contribution >= 0.6 is 0 Å². The van der Waals surface area contributed by atoms with Crippen LogP contribution in [0.2, 0.25) is 0 Å². The van der Waals surface area contributed by atoms with E-state index in [1.807, 2.05) is 61.5 Å². The van der Waals surface area contributed by atoms with Crippen molar-refractivity contribution in [3.8, 4) is 11.3 Å². The van der Waals surface area contributed by atoms with Gasteiger partial charge in [0.25, 0.3) is 0 Å². The number of carbonyl (C=O) groups excluding carboxylic acids is 1. The van der Waals surface area contributed by atoms with E-state index < -0.39 is 0 Å². The van der Waals surface area contributed by atoms with Gasteiger partial charge in [0.2, 0.25) is 5.91 Å². The number of hydrogen-bond donors (Lipinski definition) is 1. The zero-order valence-electron chi connectivity index (χ0n) is 15.9. The third-order valence-electron chi connectivity index (χ3n) is 5.09. The first-order chi connectivity index (χ1) is 13.7. The van der Waals surface area contributed by atoms with Gasteiger partial charge in [0.15, 0.2) is 5.82 Å². The molecule has 1 aliphatic rings. The van der Waals surface area contributed by atoms with Crippen molar-refractivity contribution in [1.82, 2.24) is 15.2 Å². The lowest BCUT2D eigenvalue weighted by Gasteiger charge is -2.32. The standard InChI is InChI=1S/C22H23N5O/c1-16-7-5-13-23-21(16)24-22(28)18-10-6-14-27(15-18)20-12-11-19(25-26-20)17-8-3-2-4-9-17/h2-5,7-9,11-13,18H,6,10,14-15H2,1H3,(H,23,24,28)/t18-/m1/s1. The van der Waals surface area contributed by atoms with E-state index in [1.54, 1.807) is 6.20 Å². The summed E-state index contributed by atoms with van der Waals surface area (Å²) in [4.78, 5) is 19.1. The number of piperidine rings is 1. The molecule has 3 aromatic rings. The molecule has 28 heavy (non-hydrogen) atoms. The Bertz CT molecular complexity index is 943. The molecule has 1 N–H and O–H groups in total. The number of pyridine rings is 1. The van der Waals surface area contributed by atoms with Gasteiger partial charge in [0.1, 0.15) is 5.82 Å². The van der Waals surface area contributed by atoms with E-state index in [2.05, 4.69) is 25.4 Å². The van der Waals surface area contributed by atoms with E-state index in [9.17, 15) is 4.79 Å². The molecule has 0 spiro atoms. The molecule has 1 aromatic carbocycles. The second-order valence-corrected chi connectivity index (χ2v) is 7.09. The molecule has 0 unspecified atom stereocenters. The summed E-state index contributed by atoms with van der Waals surface area (Å²) in [6.07, 6.45) is 3.50. The van der Waals surface area contributed by atoms with Crippen LogP contribution in [0.25, 0.3) is 11.3 Å². The number of hydrogen-bond acceptors (Lipinski definition) is 5. The van der Waals surface area contributed by atoms with Gasteiger partial charge in [-0.25, -0.2) is 4.98 Å². The highest BCUT2D eigenvalue weighted by molar-refractivity contribution is 5.92. The molecule has 3 heterocycles. The SMILES string of the molecule is Cc1cccnc1NC(=O)[C@@H]1CCCN(c2ccc(-c3ccccc3)nn2)C1. The zero-order valence-corrected chi connectivity index (χ0v) is 15.9. The zero-order chi connectivity index (χ0) is 19.3. The second-order valence-electron chi connectivity index (χ2n) is 7.09. The lowest BCUT2D eigenvalue weighted by Crippen LogP contribution is -2.41. The van der Waals surface area contributed by atoms with Crippen LogP contribution in [0, 0.1) is 12.8 Å². The Kier molecular flexibility index (Phi) is 5.28. The van der Waals surface area contributed by atoms with E-state index >= 15 is 0 Å². The maximum Gasteiger partial charge on any atom is 0.230 e. The monoisotopic (exact) mass is 373 g/mol. The number of rotatable bonds is 4. The smallest absolute Gasteiger partial charge is 0.230 e. The van der Waals surface area contributed by atoms with Crippen molar-refractivity contribution in [2.45, 2.75) is 19.8 Å². The Morgan fingerprint density at radius 2 is 1.93 bits per heavy atom. The highest BCUT2D eigenvalue weighted by Crippen LogP contribution is 2.24. The minimum atomic E-state index is -0.0919. The molecule has 6 nitrogen and oxygen atoms in total. The van der Waals surface area contributed by atoms with Crippen LogP contribution in [0.3, 0.4) is 0 Å². The van der Waals surface area contributed by atoms with Gasteiger partial charge in [0.05, 0.1) is 11.6 Å². The van der Waals surface area contributed by atoms with Crippen molar-refractivity contribution in [1.29, 1.82) is 0 Å². The van der Waals surface area contributed by atoms with Crippen molar-refractivity contribution in [2.75, 3.05) is 23.3 Å². The second kappa shape index (κ2) is 8.17. The fraction of sp³-hybridized carbons (Fsp3) is 0.273. The van der Waals surface area contributed by atoms with Crippen molar-refractivity contribution in [3.05, 3.63) is 66.4 Å². The lowest BCUT2D eigenvalue weighted by atomic mass is 9.97. The van der Waals surface area contributed by atoms with Crippen molar-refractivity contribution >= 4 is 17.5 Å². The number of nitrogens with one attached hydrogen (secondary N) is 1. The summed E-state index contributed by atoms with van der Waals surface area (Å²) < 4.78 is 0. The third kappa shape index (κ3) is 4.01. The fourth-order valence-electron chi connectivity index (χ4n) is 3.49. The molecule has 6 heteroatoms. The number of amides is 1. The molecule has 2 aromatic heterocycles. The van der Waals surface area contributed by atoms with Crippen molar-refractivity contribution < 1.29 is 4.79 Å². The Morgan fingerprint density at radius 3 is 2.68 bits per heavy atom. The van der Waals surface area contributed by atoms with E-state index in [-0.39, 0.29) is 11.8 Å². The quantitative estimate of drug-likeness (QED) is 0.755. The topological polar surface area (TPSA) is 71.0 Å². The van der Waals surface area contributed by atoms with Gasteiger partial charge in [-0.05, 0) is 43.5 Å². The first kappa shape index (κ1) is 18.1. The molecule has 1 atom stereocenters. The number of nitrogens with zero attached hydrogens (tertiary/aromatic N) is 4. The number of aromatic nitrogens is 3. The molecule has 0 bridgehead atoms. The Labute approximate surface area is 164 Å². The van der Waals surface area contributed by atoms with E-state index in [0.29, 0.717) is 12.4 Å². The molecule has 1 aliphatic heterocycles. The van der Waals surface area contributed by atoms with Gasteiger partial charge < -0.3 is 10.2 Å². The molecule has 0 aliphatic carbocycles. The van der Waals surface area contributed by atoms with E-state index in [4.69, 9.17) is 0 Å². The maximum atomic E-state index is 12.7. The number of carbonyl (C=O) groups is 1. The maximum absolute atomic E-state index is 12.7. The summed E-state index contributed by atoms with van der Waals surface area (Å²) >= 11 is 0. The summed E-state index contributed by atoms with van der Waals surface area (Å²) in [5, 5.41) is 11.7. The summed E-state index contributed by atoms with van der Waals surface area (Å²) in [6.45, 7) is 3.46. The molecular weight excluding hydrogens is 350 g/mol. The predicted octanol–water partition coefficient (Wildman–Crippen LogP) is 3.70. The average molecular weight is 373 g/mol. The van der Waals surface area contributed by atoms with Crippen LogP contribution in [0.5, 0.6) is 0 Å². The van der Waals surface area contributed by atoms with Gasteiger partial charge in [-0.15, -0.1) is 10.2 Å². The first-order valence-corrected chi connectivity index (χ1v) is 9.57. The van der Waals surface area contributed by atoms with Crippen LogP contribution in [-0.2, 0) is 4.79 Å². The summed E-state index contributed by atoms with van der Waals surface area (Å²) in [5.74, 6) is 1.37. The summed E-state index contributed by atoms with van der Waals surface area (Å²) in [5.41, 5.74) is 2.86. The lowest BCUT2D eigenvalue weighted by molar-refractivity contribution is -0.120. The van der Waals surface area contributed by atoms with Crippen molar-refractivity contribution in [3.63, 3.8) is 0 Å². The minimum Gasteiger partial charge on any atom is -0.354 e. The molecular formula is C22H23N5O. The Morgan fingerprint density at radius 1 is 1.07 bits per heavy atom. The first-order valence-electron chi connectivity index (χ1n) is 9.57. The van der Waals surface area contributed by atoms with Crippen LogP contribution in [-0.4, -0.2) is 34.2 Å². The Hall–Kier alpha value is -3.28. The normalized spacial score (nSPS) is 16.6. The van der Waals surface area contributed by atoms with Gasteiger partial charge in [-0.1, -0.05) is 36.4 Å². The molecule has 0 radical (unpaired) electrons. The Balaban J connectivity index is 1.43.